The summed E-state index contributed by atoms with van der Waals surface area (Å²) >= 11 is 0. The number of hydrogen-bond acceptors (Lipinski definition) is 6. The number of ether oxygens (including phenoxy) is 1. The van der Waals surface area contributed by atoms with Crippen molar-refractivity contribution in [3.63, 3.8) is 0 Å². The van der Waals surface area contributed by atoms with E-state index in [9.17, 15) is 24.3 Å². The van der Waals surface area contributed by atoms with Crippen LogP contribution in [0.5, 0.6) is 5.75 Å². The van der Waals surface area contributed by atoms with Crippen LogP contribution in [0, 0.1) is 0 Å². The minimum absolute atomic E-state index is 0.0518. The van der Waals surface area contributed by atoms with Gasteiger partial charge in [-0.1, -0.05) is 42.5 Å². The predicted molar refractivity (Wildman–Crippen MR) is 163 cm³/mol. The Hall–Kier alpha value is -3.92. The highest BCUT2D eigenvalue weighted by Gasteiger charge is 2.38. The van der Waals surface area contributed by atoms with Gasteiger partial charge in [-0.15, -0.1) is 0 Å². The number of nitrogens with one attached hydrogen (secondary N) is 3. The third-order valence-electron chi connectivity index (χ3n) is 7.72. The molecule has 2 saturated heterocycles. The van der Waals surface area contributed by atoms with E-state index in [1.807, 2.05) is 75.4 Å². The van der Waals surface area contributed by atoms with E-state index in [0.717, 1.165) is 36.9 Å². The molecular weight excluding hydrogens is 548 g/mol. The number of hydrogen-bond donors (Lipinski definition) is 4. The Bertz CT molecular complexity index is 1250. The first-order valence-electron chi connectivity index (χ1n) is 15.2. The number of likely N-dealkylation sites (tertiary alicyclic amines) is 1. The number of amides is 3. The van der Waals surface area contributed by atoms with Gasteiger partial charge >= 0.3 is 5.97 Å². The Balaban J connectivity index is 1.46. The minimum atomic E-state index is -1.13. The van der Waals surface area contributed by atoms with E-state index in [4.69, 9.17) is 4.74 Å². The van der Waals surface area contributed by atoms with Crippen molar-refractivity contribution in [3.05, 3.63) is 65.7 Å². The molecule has 10 heteroatoms. The van der Waals surface area contributed by atoms with Crippen molar-refractivity contribution in [1.29, 1.82) is 0 Å². The Labute approximate surface area is 253 Å². The zero-order valence-electron chi connectivity index (χ0n) is 25.3. The van der Waals surface area contributed by atoms with Crippen LogP contribution in [-0.2, 0) is 32.0 Å². The lowest BCUT2D eigenvalue weighted by atomic mass is 10.0. The number of rotatable bonds is 12. The Morgan fingerprint density at radius 3 is 2.28 bits per heavy atom. The highest BCUT2D eigenvalue weighted by molar-refractivity contribution is 5.91. The molecule has 2 aromatic rings. The van der Waals surface area contributed by atoms with Gasteiger partial charge in [0.1, 0.15) is 23.4 Å². The molecule has 2 aliphatic heterocycles. The molecule has 0 aromatic heterocycles. The Morgan fingerprint density at radius 2 is 1.65 bits per heavy atom. The number of carbonyl (C=O) groups is 4. The van der Waals surface area contributed by atoms with Crippen LogP contribution < -0.4 is 20.7 Å². The second-order valence-electron chi connectivity index (χ2n) is 12.5. The van der Waals surface area contributed by atoms with Crippen LogP contribution in [-0.4, -0.2) is 76.6 Å². The van der Waals surface area contributed by atoms with Gasteiger partial charge in [-0.05, 0) is 82.7 Å². The molecule has 10 nitrogen and oxygen atoms in total. The summed E-state index contributed by atoms with van der Waals surface area (Å²) < 4.78 is 5.92. The summed E-state index contributed by atoms with van der Waals surface area (Å²) in [5, 5.41) is 18.7. The molecule has 0 spiro atoms. The summed E-state index contributed by atoms with van der Waals surface area (Å²) in [6.45, 7) is 7.21. The normalized spacial score (nSPS) is 19.8. The van der Waals surface area contributed by atoms with Gasteiger partial charge in [-0.25, -0.2) is 4.79 Å². The van der Waals surface area contributed by atoms with Crippen LogP contribution in [0.2, 0.25) is 0 Å². The number of aliphatic carboxylic acids is 1. The summed E-state index contributed by atoms with van der Waals surface area (Å²) in [4.78, 5) is 53.5. The maximum Gasteiger partial charge on any atom is 0.326 e. The fourth-order valence-electron chi connectivity index (χ4n) is 5.73. The van der Waals surface area contributed by atoms with Gasteiger partial charge in [0.15, 0.2) is 0 Å². The van der Waals surface area contributed by atoms with E-state index >= 15 is 0 Å². The van der Waals surface area contributed by atoms with Crippen LogP contribution in [0.25, 0.3) is 0 Å². The van der Waals surface area contributed by atoms with Crippen molar-refractivity contribution in [3.8, 4) is 5.75 Å². The molecule has 2 heterocycles. The van der Waals surface area contributed by atoms with Crippen molar-refractivity contribution >= 4 is 23.7 Å². The molecular formula is C33H44N4O6. The summed E-state index contributed by atoms with van der Waals surface area (Å²) in [6.07, 6.45) is 3.35. The van der Waals surface area contributed by atoms with E-state index < -0.39 is 30.0 Å². The molecule has 2 aromatic carbocycles. The molecule has 0 radical (unpaired) electrons. The molecule has 2 aliphatic rings. The second-order valence-corrected chi connectivity index (χ2v) is 12.5. The van der Waals surface area contributed by atoms with Gasteiger partial charge in [-0.2, -0.15) is 0 Å². The average molecular weight is 593 g/mol. The third-order valence-corrected chi connectivity index (χ3v) is 7.72. The van der Waals surface area contributed by atoms with Gasteiger partial charge in [0.25, 0.3) is 0 Å². The number of carbonyl (C=O) groups excluding carboxylic acids is 3. The van der Waals surface area contributed by atoms with Crippen LogP contribution in [0.15, 0.2) is 54.6 Å². The highest BCUT2D eigenvalue weighted by Crippen LogP contribution is 2.22. The molecule has 4 atom stereocenters. The van der Waals surface area contributed by atoms with Crippen LogP contribution >= 0.6 is 0 Å². The molecule has 0 saturated carbocycles. The van der Waals surface area contributed by atoms with Crippen LogP contribution in [0.4, 0.5) is 0 Å². The van der Waals surface area contributed by atoms with E-state index in [1.54, 1.807) is 4.90 Å². The molecule has 2 fully saturated rings. The predicted octanol–water partition coefficient (Wildman–Crippen LogP) is 2.84. The SMILES string of the molecule is CC(C)(C)Oc1ccc(C[C@@H](CC(=O)N[C@@H](Cc2ccccc2)C(=O)O)NC(=O)[C@@H]2CCCN2C(=O)[C@@H]2CCCN2)cc1. The molecule has 3 amide bonds. The molecule has 0 aliphatic carbocycles. The summed E-state index contributed by atoms with van der Waals surface area (Å²) in [7, 11) is 0. The quantitative estimate of drug-likeness (QED) is 0.298. The molecule has 0 unspecified atom stereocenters. The first-order valence-corrected chi connectivity index (χ1v) is 15.2. The maximum atomic E-state index is 13.6. The third kappa shape index (κ3) is 9.54. The van der Waals surface area contributed by atoms with E-state index in [-0.39, 0.29) is 36.3 Å². The van der Waals surface area contributed by atoms with Crippen LogP contribution in [0.3, 0.4) is 0 Å². The average Bonchev–Trinajstić information content (AvgIpc) is 3.66. The fourth-order valence-corrected chi connectivity index (χ4v) is 5.73. The lowest BCUT2D eigenvalue weighted by molar-refractivity contribution is -0.142. The fraction of sp³-hybridized carbons (Fsp3) is 0.515. The van der Waals surface area contributed by atoms with Crippen LogP contribution in [0.1, 0.15) is 64.0 Å². The zero-order valence-corrected chi connectivity index (χ0v) is 25.3. The van der Waals surface area contributed by atoms with Gasteiger partial charge in [0, 0.05) is 25.4 Å². The van der Waals surface area contributed by atoms with E-state index in [2.05, 4.69) is 16.0 Å². The topological polar surface area (TPSA) is 137 Å². The maximum absolute atomic E-state index is 13.6. The second kappa shape index (κ2) is 14.5. The molecule has 4 rings (SSSR count). The van der Waals surface area contributed by atoms with E-state index in [0.29, 0.717) is 25.1 Å². The van der Waals surface area contributed by atoms with Gasteiger partial charge in [0.05, 0.1) is 6.04 Å². The molecule has 43 heavy (non-hydrogen) atoms. The van der Waals surface area contributed by atoms with Crippen molar-refractivity contribution in [1.82, 2.24) is 20.9 Å². The zero-order chi connectivity index (χ0) is 31.0. The Morgan fingerprint density at radius 1 is 0.953 bits per heavy atom. The van der Waals surface area contributed by atoms with E-state index in [1.165, 1.54) is 0 Å². The van der Waals surface area contributed by atoms with Crippen molar-refractivity contribution in [2.45, 2.75) is 95.5 Å². The van der Waals surface area contributed by atoms with Crippen molar-refractivity contribution < 1.29 is 29.0 Å². The Kier molecular flexibility index (Phi) is 10.8. The first kappa shape index (κ1) is 32.0. The highest BCUT2D eigenvalue weighted by atomic mass is 16.5. The van der Waals surface area contributed by atoms with Gasteiger partial charge in [-0.3, -0.25) is 14.4 Å². The molecule has 4 N–H and O–H groups in total. The smallest absolute Gasteiger partial charge is 0.326 e. The minimum Gasteiger partial charge on any atom is -0.488 e. The van der Waals surface area contributed by atoms with Crippen molar-refractivity contribution in [2.24, 2.45) is 0 Å². The van der Waals surface area contributed by atoms with Gasteiger partial charge in [0.2, 0.25) is 17.7 Å². The summed E-state index contributed by atoms with van der Waals surface area (Å²) in [5.41, 5.74) is 1.32. The number of carboxylic acid groups (broad SMARTS) is 1. The number of carboxylic acids is 1. The number of nitrogens with zero attached hydrogens (tertiary/aromatic N) is 1. The van der Waals surface area contributed by atoms with Crippen molar-refractivity contribution in [2.75, 3.05) is 13.1 Å². The summed E-state index contributed by atoms with van der Waals surface area (Å²) in [6, 6.07) is 14.0. The monoisotopic (exact) mass is 592 g/mol. The summed E-state index contributed by atoms with van der Waals surface area (Å²) in [5.74, 6) is -1.25. The lowest BCUT2D eigenvalue weighted by Gasteiger charge is -2.29. The van der Waals surface area contributed by atoms with Gasteiger partial charge < -0.3 is 30.7 Å². The number of benzene rings is 2. The molecule has 0 bridgehead atoms. The standard InChI is InChI=1S/C33H44N4O6/c1-33(2,3)43-25-15-13-23(14-16-25)19-24(21-29(38)36-27(32(41)42)20-22-9-5-4-6-10-22)35-30(39)28-12-8-18-37(28)31(40)26-11-7-17-34-26/h4-6,9-10,13-16,24,26-28,34H,7-8,11-12,17-21H2,1-3H3,(H,35,39)(H,36,38)(H,41,42)/t24-,26-,27-,28-/m0/s1. The first-order chi connectivity index (χ1) is 20.5. The largest absolute Gasteiger partial charge is 0.488 e. The molecule has 232 valence electrons. The lowest BCUT2D eigenvalue weighted by Crippen LogP contribution is -2.53.